The van der Waals surface area contributed by atoms with E-state index in [1.54, 1.807) is 65.7 Å². The highest BCUT2D eigenvalue weighted by atomic mass is 32.2. The maximum absolute atomic E-state index is 13.4. The molecule has 3 aromatic carbocycles. The molecule has 0 spiro atoms. The second kappa shape index (κ2) is 12.5. The summed E-state index contributed by atoms with van der Waals surface area (Å²) < 4.78 is 43.3. The van der Waals surface area contributed by atoms with Gasteiger partial charge in [-0.3, -0.25) is 9.71 Å². The van der Waals surface area contributed by atoms with Crippen molar-refractivity contribution < 1.29 is 23.0 Å². The number of pyridine rings is 1. The number of benzene rings is 3. The fourth-order valence-corrected chi connectivity index (χ4v) is 7.87. The molecule has 0 radical (unpaired) electrons. The van der Waals surface area contributed by atoms with Gasteiger partial charge in [0, 0.05) is 35.0 Å². The van der Waals surface area contributed by atoms with Crippen LogP contribution in [0.15, 0.2) is 94.3 Å². The van der Waals surface area contributed by atoms with E-state index in [4.69, 9.17) is 9.47 Å². The van der Waals surface area contributed by atoms with Crippen LogP contribution in [0.2, 0.25) is 0 Å². The normalized spacial score (nSPS) is 19.1. The van der Waals surface area contributed by atoms with Crippen molar-refractivity contribution >= 4 is 49.7 Å². The zero-order valence-electron chi connectivity index (χ0n) is 22.6. The number of aryl methyl sites for hydroxylation is 1. The van der Waals surface area contributed by atoms with Crippen molar-refractivity contribution in [3.63, 3.8) is 0 Å². The van der Waals surface area contributed by atoms with Crippen molar-refractivity contribution in [3.8, 4) is 0 Å². The van der Waals surface area contributed by atoms with E-state index < -0.39 is 16.3 Å². The van der Waals surface area contributed by atoms with Gasteiger partial charge in [0.2, 0.25) is 0 Å². The number of thioether (sulfide) groups is 1. The largest absolute Gasteiger partial charge is 0.392 e. The molecular weight excluding hydrogens is 593 g/mol. The minimum Gasteiger partial charge on any atom is -0.392 e. The number of aliphatic hydroxyl groups is 1. The molecule has 0 bridgehead atoms. The predicted octanol–water partition coefficient (Wildman–Crippen LogP) is 6.03. The van der Waals surface area contributed by atoms with Gasteiger partial charge in [-0.05, 0) is 42.3 Å². The Morgan fingerprint density at radius 2 is 1.81 bits per heavy atom. The second-order valence-corrected chi connectivity index (χ2v) is 13.9. The number of fused-ring (bicyclic) bond motifs is 1. The van der Waals surface area contributed by atoms with Crippen LogP contribution in [0.25, 0.3) is 10.9 Å². The van der Waals surface area contributed by atoms with Crippen LogP contribution < -0.4 is 4.72 Å². The lowest BCUT2D eigenvalue weighted by atomic mass is 10.0. The summed E-state index contributed by atoms with van der Waals surface area (Å²) in [5.41, 5.74) is 3.27. The lowest BCUT2D eigenvalue weighted by Crippen LogP contribution is -2.31. The average Bonchev–Trinajstić information content (AvgIpc) is 3.44. The molecule has 216 valence electrons. The van der Waals surface area contributed by atoms with E-state index in [1.165, 1.54) is 0 Å². The minimum atomic E-state index is -3.93. The van der Waals surface area contributed by atoms with Crippen LogP contribution in [0.1, 0.15) is 40.5 Å². The Morgan fingerprint density at radius 3 is 2.60 bits per heavy atom. The molecule has 42 heavy (non-hydrogen) atoms. The lowest BCUT2D eigenvalue weighted by molar-refractivity contribution is -0.245. The average molecular weight is 621 g/mol. The highest BCUT2D eigenvalue weighted by Crippen LogP contribution is 2.40. The monoisotopic (exact) mass is 620 g/mol. The van der Waals surface area contributed by atoms with E-state index >= 15 is 0 Å². The summed E-state index contributed by atoms with van der Waals surface area (Å²) in [6.07, 6.45) is 1.05. The first-order chi connectivity index (χ1) is 20.4. The molecule has 1 fully saturated rings. The molecule has 9 nitrogen and oxygen atoms in total. The molecule has 6 rings (SSSR count). The second-order valence-electron chi connectivity index (χ2n) is 9.81. The summed E-state index contributed by atoms with van der Waals surface area (Å²) in [5, 5.41) is 19.4. The van der Waals surface area contributed by atoms with Crippen LogP contribution >= 0.6 is 23.1 Å². The van der Waals surface area contributed by atoms with Crippen molar-refractivity contribution in [2.24, 2.45) is 0 Å². The molecule has 12 heteroatoms. The first kappa shape index (κ1) is 28.7. The summed E-state index contributed by atoms with van der Waals surface area (Å²) in [7, 11) is -3.93. The van der Waals surface area contributed by atoms with Gasteiger partial charge >= 0.3 is 0 Å². The van der Waals surface area contributed by atoms with Crippen molar-refractivity contribution in [2.45, 2.75) is 47.7 Å². The fourth-order valence-electron chi connectivity index (χ4n) is 4.78. The Labute approximate surface area is 252 Å². The molecule has 0 aliphatic carbocycles. The quantitative estimate of drug-likeness (QED) is 0.190. The third-order valence-electron chi connectivity index (χ3n) is 6.81. The first-order valence-corrected chi connectivity index (χ1v) is 16.6. The number of sulfonamides is 1. The van der Waals surface area contributed by atoms with Crippen molar-refractivity contribution in [1.82, 2.24) is 15.2 Å². The Balaban J connectivity index is 1.25. The number of aromatic nitrogens is 3. The van der Waals surface area contributed by atoms with Gasteiger partial charge < -0.3 is 14.6 Å². The lowest BCUT2D eigenvalue weighted by Gasteiger charge is -2.36. The summed E-state index contributed by atoms with van der Waals surface area (Å²) in [5.74, 6) is 0.653. The van der Waals surface area contributed by atoms with Crippen LogP contribution in [0.3, 0.4) is 0 Å². The third-order valence-corrected chi connectivity index (χ3v) is 10.3. The Bertz CT molecular complexity index is 1790. The van der Waals surface area contributed by atoms with Gasteiger partial charge in [0.1, 0.15) is 9.90 Å². The SMILES string of the molecule is Cc1nnc(SCC2CC(c3ccc(CO)cc3)OC(c3cccc(NS(=O)(=O)c4cccc5cccnc45)c3)O2)s1. The number of aliphatic hydroxyl groups excluding tert-OH is 1. The molecule has 2 aromatic heterocycles. The van der Waals surface area contributed by atoms with Crippen molar-refractivity contribution in [2.75, 3.05) is 10.5 Å². The molecule has 3 heterocycles. The molecule has 1 saturated heterocycles. The molecular formula is C30H28N4O5S3. The zero-order chi connectivity index (χ0) is 29.1. The maximum Gasteiger partial charge on any atom is 0.264 e. The summed E-state index contributed by atoms with van der Waals surface area (Å²) in [4.78, 5) is 4.40. The molecule has 0 saturated carbocycles. The topological polar surface area (TPSA) is 124 Å². The predicted molar refractivity (Wildman–Crippen MR) is 163 cm³/mol. The standard InChI is InChI=1S/C30H28N4O5S3/c1-19-32-33-30(41-19)40-18-25-16-26(21-12-10-20(17-35)11-13-21)39-29(38-25)23-6-2-8-24(15-23)34-42(36,37)27-9-3-5-22-7-4-14-31-28(22)27/h2-15,25-26,29,34-35H,16-18H2,1H3. The fraction of sp³-hybridized carbons (Fsp3) is 0.233. The van der Waals surface area contributed by atoms with E-state index in [0.717, 1.165) is 25.9 Å². The van der Waals surface area contributed by atoms with Gasteiger partial charge in [0.05, 0.1) is 24.3 Å². The summed E-state index contributed by atoms with van der Waals surface area (Å²) >= 11 is 3.13. The molecule has 5 aromatic rings. The van der Waals surface area contributed by atoms with Crippen LogP contribution in [0.4, 0.5) is 5.69 Å². The van der Waals surface area contributed by atoms with Crippen LogP contribution in [-0.2, 0) is 26.1 Å². The molecule has 1 aliphatic rings. The van der Waals surface area contributed by atoms with Crippen LogP contribution in [-0.4, -0.2) is 40.6 Å². The maximum atomic E-state index is 13.4. The highest BCUT2D eigenvalue weighted by Gasteiger charge is 2.33. The highest BCUT2D eigenvalue weighted by molar-refractivity contribution is 8.01. The molecule has 1 aliphatic heterocycles. The van der Waals surface area contributed by atoms with Gasteiger partial charge in [0.25, 0.3) is 10.0 Å². The van der Waals surface area contributed by atoms with E-state index in [-0.39, 0.29) is 23.7 Å². The van der Waals surface area contributed by atoms with E-state index in [2.05, 4.69) is 19.9 Å². The number of rotatable bonds is 9. The summed E-state index contributed by atoms with van der Waals surface area (Å²) in [6.45, 7) is 1.89. The van der Waals surface area contributed by atoms with Crippen molar-refractivity contribution in [1.29, 1.82) is 0 Å². The van der Waals surface area contributed by atoms with Crippen LogP contribution in [0, 0.1) is 6.92 Å². The number of para-hydroxylation sites is 1. The number of hydrogen-bond acceptors (Lipinski definition) is 10. The number of anilines is 1. The minimum absolute atomic E-state index is 0.0321. The number of nitrogens with zero attached hydrogens (tertiary/aromatic N) is 3. The van der Waals surface area contributed by atoms with Crippen molar-refractivity contribution in [3.05, 3.63) is 107 Å². The smallest absolute Gasteiger partial charge is 0.264 e. The van der Waals surface area contributed by atoms with Gasteiger partial charge in [-0.2, -0.15) is 0 Å². The van der Waals surface area contributed by atoms with Gasteiger partial charge in [-0.15, -0.1) is 10.2 Å². The molecule has 3 unspecified atom stereocenters. The third kappa shape index (κ3) is 6.48. The number of ether oxygens (including phenoxy) is 2. The molecule has 3 atom stereocenters. The molecule has 2 N–H and O–H groups in total. The Morgan fingerprint density at radius 1 is 1.00 bits per heavy atom. The molecule has 0 amide bonds. The van der Waals surface area contributed by atoms with E-state index in [1.807, 2.05) is 49.4 Å². The van der Waals surface area contributed by atoms with Gasteiger partial charge in [0.15, 0.2) is 10.6 Å². The number of hydrogen-bond donors (Lipinski definition) is 2. The number of nitrogens with one attached hydrogen (secondary N) is 1. The van der Waals surface area contributed by atoms with E-state index in [9.17, 15) is 13.5 Å². The van der Waals surface area contributed by atoms with Gasteiger partial charge in [-0.25, -0.2) is 8.42 Å². The Hall–Kier alpha value is -3.39. The first-order valence-electron chi connectivity index (χ1n) is 13.3. The zero-order valence-corrected chi connectivity index (χ0v) is 25.0. The van der Waals surface area contributed by atoms with Crippen LogP contribution in [0.5, 0.6) is 0 Å². The summed E-state index contributed by atoms with van der Waals surface area (Å²) in [6, 6.07) is 23.4. The Kier molecular flexibility index (Phi) is 8.52. The van der Waals surface area contributed by atoms with Gasteiger partial charge in [-0.1, -0.05) is 77.7 Å². The van der Waals surface area contributed by atoms with E-state index in [0.29, 0.717) is 28.9 Å².